The third-order valence-electron chi connectivity index (χ3n) is 4.33. The Morgan fingerprint density at radius 2 is 1.82 bits per heavy atom. The van der Waals surface area contributed by atoms with Crippen molar-refractivity contribution in [2.24, 2.45) is 0 Å². The quantitative estimate of drug-likeness (QED) is 0.566. The Morgan fingerprint density at radius 1 is 1.11 bits per heavy atom. The van der Waals surface area contributed by atoms with Crippen LogP contribution in [0.4, 0.5) is 5.69 Å². The van der Waals surface area contributed by atoms with Crippen molar-refractivity contribution in [3.05, 3.63) is 60.5 Å². The lowest BCUT2D eigenvalue weighted by atomic mass is 10.0. The fourth-order valence-corrected chi connectivity index (χ4v) is 3.52. The highest BCUT2D eigenvalue weighted by Crippen LogP contribution is 2.28. The summed E-state index contributed by atoms with van der Waals surface area (Å²) in [6, 6.07) is 17.8. The van der Waals surface area contributed by atoms with E-state index in [1.54, 1.807) is 0 Å². The zero-order chi connectivity index (χ0) is 19.9. The number of amides is 1. The third kappa shape index (κ3) is 4.99. The molecule has 0 bridgehead atoms. The fraction of sp³-hybridized carbons (Fsp3) is 0.286. The maximum absolute atomic E-state index is 12.4. The lowest BCUT2D eigenvalue weighted by Gasteiger charge is -2.18. The number of para-hydroxylation sites is 1. The minimum absolute atomic E-state index is 0.0772. The van der Waals surface area contributed by atoms with E-state index < -0.39 is 0 Å². The fourth-order valence-electron chi connectivity index (χ4n) is 2.95. The Balaban J connectivity index is 1.63. The van der Waals surface area contributed by atoms with E-state index in [0.717, 1.165) is 23.2 Å². The number of carbonyl (C=O) groups excluding carboxylic acids is 1. The van der Waals surface area contributed by atoms with Gasteiger partial charge in [0.25, 0.3) is 5.22 Å². The van der Waals surface area contributed by atoms with Gasteiger partial charge in [-0.15, -0.1) is 10.2 Å². The number of carbonyl (C=O) groups is 1. The van der Waals surface area contributed by atoms with E-state index >= 15 is 0 Å². The first-order valence-electron chi connectivity index (χ1n) is 9.15. The van der Waals surface area contributed by atoms with Gasteiger partial charge in [-0.2, -0.15) is 0 Å². The van der Waals surface area contributed by atoms with Crippen molar-refractivity contribution in [3.63, 3.8) is 0 Å². The molecule has 6 nitrogen and oxygen atoms in total. The molecule has 1 N–H and O–H groups in total. The minimum atomic E-state index is -0.118. The zero-order valence-corrected chi connectivity index (χ0v) is 17.1. The SMILES string of the molecule is CCC(c1nnc(SCC(=O)Nc2ccccc2-c2ccccc2)o1)N(C)C. The summed E-state index contributed by atoms with van der Waals surface area (Å²) >= 11 is 1.24. The molecule has 3 aromatic rings. The van der Waals surface area contributed by atoms with Gasteiger partial charge in [0.05, 0.1) is 11.8 Å². The van der Waals surface area contributed by atoms with Crippen LogP contribution in [0, 0.1) is 0 Å². The molecule has 0 fully saturated rings. The van der Waals surface area contributed by atoms with Gasteiger partial charge < -0.3 is 9.73 Å². The Labute approximate surface area is 169 Å². The molecule has 1 heterocycles. The van der Waals surface area contributed by atoms with E-state index in [1.807, 2.05) is 73.6 Å². The first-order chi connectivity index (χ1) is 13.6. The second kappa shape index (κ2) is 9.52. The van der Waals surface area contributed by atoms with Crippen molar-refractivity contribution in [1.82, 2.24) is 15.1 Å². The van der Waals surface area contributed by atoms with Crippen molar-refractivity contribution < 1.29 is 9.21 Å². The molecule has 0 saturated heterocycles. The number of aromatic nitrogens is 2. The predicted molar refractivity (Wildman–Crippen MR) is 112 cm³/mol. The molecule has 1 atom stereocenters. The van der Waals surface area contributed by atoms with Gasteiger partial charge in [0.15, 0.2) is 0 Å². The molecule has 1 amide bonds. The summed E-state index contributed by atoms with van der Waals surface area (Å²) in [5, 5.41) is 11.5. The van der Waals surface area contributed by atoms with E-state index in [1.165, 1.54) is 11.8 Å². The van der Waals surface area contributed by atoms with Gasteiger partial charge in [-0.1, -0.05) is 67.2 Å². The van der Waals surface area contributed by atoms with Gasteiger partial charge in [-0.05, 0) is 32.1 Å². The highest BCUT2D eigenvalue weighted by molar-refractivity contribution is 7.99. The van der Waals surface area contributed by atoms with Crippen LogP contribution in [0.5, 0.6) is 0 Å². The summed E-state index contributed by atoms with van der Waals surface area (Å²) in [6.45, 7) is 2.07. The van der Waals surface area contributed by atoms with Crippen molar-refractivity contribution in [2.75, 3.05) is 25.2 Å². The van der Waals surface area contributed by atoms with E-state index in [-0.39, 0.29) is 17.7 Å². The topological polar surface area (TPSA) is 71.3 Å². The summed E-state index contributed by atoms with van der Waals surface area (Å²) in [4.78, 5) is 14.5. The lowest BCUT2D eigenvalue weighted by Crippen LogP contribution is -2.19. The normalized spacial score (nSPS) is 12.1. The average molecular weight is 397 g/mol. The molecule has 0 saturated carbocycles. The summed E-state index contributed by atoms with van der Waals surface area (Å²) in [7, 11) is 3.95. The minimum Gasteiger partial charge on any atom is -0.414 e. The van der Waals surface area contributed by atoms with Crippen LogP contribution < -0.4 is 5.32 Å². The number of hydrogen-bond acceptors (Lipinski definition) is 6. The molecule has 1 unspecified atom stereocenters. The molecule has 0 aliphatic heterocycles. The van der Waals surface area contributed by atoms with Gasteiger partial charge in [0.1, 0.15) is 0 Å². The number of thioether (sulfide) groups is 1. The molecular weight excluding hydrogens is 372 g/mol. The first-order valence-corrected chi connectivity index (χ1v) is 10.1. The molecule has 146 valence electrons. The van der Waals surface area contributed by atoms with Crippen molar-refractivity contribution in [1.29, 1.82) is 0 Å². The molecule has 2 aromatic carbocycles. The van der Waals surface area contributed by atoms with E-state index in [9.17, 15) is 4.79 Å². The number of rotatable bonds is 8. The molecule has 7 heteroatoms. The smallest absolute Gasteiger partial charge is 0.277 e. The van der Waals surface area contributed by atoms with Crippen LogP contribution in [0.1, 0.15) is 25.3 Å². The lowest BCUT2D eigenvalue weighted by molar-refractivity contribution is -0.113. The number of benzene rings is 2. The van der Waals surface area contributed by atoms with Crippen LogP contribution >= 0.6 is 11.8 Å². The molecule has 1 aromatic heterocycles. The standard InChI is InChI=1S/C21H24N4O2S/c1-4-18(25(2)3)20-23-24-21(27-20)28-14-19(26)22-17-13-9-8-12-16(17)15-10-6-5-7-11-15/h5-13,18H,4,14H2,1-3H3,(H,22,26). The van der Waals surface area contributed by atoms with Crippen molar-refractivity contribution >= 4 is 23.4 Å². The summed E-state index contributed by atoms with van der Waals surface area (Å²) in [6.07, 6.45) is 0.871. The van der Waals surface area contributed by atoms with Gasteiger partial charge in [0, 0.05) is 11.3 Å². The molecular formula is C21H24N4O2S. The molecule has 0 spiro atoms. The average Bonchev–Trinajstić information content (AvgIpc) is 3.16. The van der Waals surface area contributed by atoms with E-state index in [2.05, 4.69) is 22.4 Å². The monoisotopic (exact) mass is 396 g/mol. The highest BCUT2D eigenvalue weighted by atomic mass is 32.2. The second-order valence-electron chi connectivity index (χ2n) is 6.54. The van der Waals surface area contributed by atoms with Gasteiger partial charge in [-0.3, -0.25) is 9.69 Å². The van der Waals surface area contributed by atoms with E-state index in [0.29, 0.717) is 11.1 Å². The first kappa shape index (κ1) is 20.1. The van der Waals surface area contributed by atoms with Crippen LogP contribution in [-0.4, -0.2) is 40.9 Å². The summed E-state index contributed by atoms with van der Waals surface area (Å²) < 4.78 is 5.71. The van der Waals surface area contributed by atoms with Crippen molar-refractivity contribution in [3.8, 4) is 11.1 Å². The maximum atomic E-state index is 12.4. The summed E-state index contributed by atoms with van der Waals surface area (Å²) in [5.41, 5.74) is 2.82. The predicted octanol–water partition coefficient (Wildman–Crippen LogP) is 4.48. The number of nitrogens with zero attached hydrogens (tertiary/aromatic N) is 3. The highest BCUT2D eigenvalue weighted by Gasteiger charge is 2.19. The van der Waals surface area contributed by atoms with E-state index in [4.69, 9.17) is 4.42 Å². The van der Waals surface area contributed by atoms with Crippen LogP contribution in [-0.2, 0) is 4.79 Å². The largest absolute Gasteiger partial charge is 0.414 e. The number of hydrogen-bond donors (Lipinski definition) is 1. The zero-order valence-electron chi connectivity index (χ0n) is 16.3. The second-order valence-corrected chi connectivity index (χ2v) is 7.47. The molecule has 0 aliphatic carbocycles. The Bertz CT molecular complexity index is 912. The third-order valence-corrected chi connectivity index (χ3v) is 5.15. The van der Waals surface area contributed by atoms with Crippen LogP contribution in [0.15, 0.2) is 64.2 Å². The Hall–Kier alpha value is -2.64. The molecule has 0 radical (unpaired) electrons. The summed E-state index contributed by atoms with van der Waals surface area (Å²) in [5.74, 6) is 0.654. The molecule has 0 aliphatic rings. The van der Waals surface area contributed by atoms with Crippen LogP contribution in [0.3, 0.4) is 0 Å². The van der Waals surface area contributed by atoms with Gasteiger partial charge in [-0.25, -0.2) is 0 Å². The van der Waals surface area contributed by atoms with Gasteiger partial charge in [0.2, 0.25) is 11.8 Å². The van der Waals surface area contributed by atoms with Crippen molar-refractivity contribution in [2.45, 2.75) is 24.6 Å². The molecule has 3 rings (SSSR count). The number of anilines is 1. The number of nitrogens with one attached hydrogen (secondary N) is 1. The Morgan fingerprint density at radius 3 is 2.54 bits per heavy atom. The maximum Gasteiger partial charge on any atom is 0.277 e. The Kier molecular flexibility index (Phi) is 6.84. The van der Waals surface area contributed by atoms with Crippen LogP contribution in [0.25, 0.3) is 11.1 Å². The van der Waals surface area contributed by atoms with Gasteiger partial charge >= 0.3 is 0 Å². The van der Waals surface area contributed by atoms with Crippen LogP contribution in [0.2, 0.25) is 0 Å². The molecule has 28 heavy (non-hydrogen) atoms.